The highest BCUT2D eigenvalue weighted by molar-refractivity contribution is 9.11. The molecule has 5 nitrogen and oxygen atoms in total. The summed E-state index contributed by atoms with van der Waals surface area (Å²) in [5, 5.41) is 9.36. The first-order chi connectivity index (χ1) is 9.91. The van der Waals surface area contributed by atoms with Gasteiger partial charge in [-0.25, -0.2) is 13.2 Å². The lowest BCUT2D eigenvalue weighted by atomic mass is 10.1. The molecule has 0 amide bonds. The van der Waals surface area contributed by atoms with E-state index >= 15 is 0 Å². The van der Waals surface area contributed by atoms with E-state index in [1.54, 1.807) is 30.3 Å². The summed E-state index contributed by atoms with van der Waals surface area (Å²) >= 11 is 4.29. The molecule has 0 bridgehead atoms. The smallest absolute Gasteiger partial charge is 0.327 e. The lowest BCUT2D eigenvalue weighted by Crippen LogP contribution is -2.42. The first-order valence-corrected chi connectivity index (χ1v) is 9.06. The summed E-state index contributed by atoms with van der Waals surface area (Å²) in [7, 11) is -3.88. The lowest BCUT2D eigenvalue weighted by Gasteiger charge is -2.23. The van der Waals surface area contributed by atoms with Crippen molar-refractivity contribution >= 4 is 48.9 Å². The van der Waals surface area contributed by atoms with Crippen molar-refractivity contribution in [2.75, 3.05) is 4.31 Å². The van der Waals surface area contributed by atoms with Gasteiger partial charge in [-0.05, 0) is 39.7 Å². The minimum atomic E-state index is -3.88. The summed E-state index contributed by atoms with van der Waals surface area (Å²) in [5.41, 5.74) is 1.17. The maximum absolute atomic E-state index is 12.8. The number of aliphatic carboxylic acids is 1. The second-order valence-corrected chi connectivity index (χ2v) is 9.05. The summed E-state index contributed by atoms with van der Waals surface area (Å²) in [6.07, 6.45) is 0.178. The maximum atomic E-state index is 12.8. The Morgan fingerprint density at radius 1 is 1.29 bits per heavy atom. The van der Waals surface area contributed by atoms with Crippen molar-refractivity contribution in [3.05, 3.63) is 45.7 Å². The maximum Gasteiger partial charge on any atom is 0.327 e. The zero-order valence-electron chi connectivity index (χ0n) is 10.6. The number of fused-ring (bicyclic) bond motifs is 1. The molecule has 0 saturated heterocycles. The molecular weight excluding hydrogens is 378 g/mol. The molecule has 2 aromatic rings. The van der Waals surface area contributed by atoms with Crippen molar-refractivity contribution in [1.29, 1.82) is 0 Å². The van der Waals surface area contributed by atoms with E-state index in [2.05, 4.69) is 15.9 Å². The largest absolute Gasteiger partial charge is 0.480 e. The molecule has 110 valence electrons. The van der Waals surface area contributed by atoms with Crippen LogP contribution in [0.25, 0.3) is 0 Å². The quantitative estimate of drug-likeness (QED) is 0.878. The Balaban J connectivity index is 2.16. The number of halogens is 1. The van der Waals surface area contributed by atoms with Crippen LogP contribution in [0.1, 0.15) is 5.56 Å². The van der Waals surface area contributed by atoms with Gasteiger partial charge in [-0.1, -0.05) is 18.2 Å². The molecule has 0 saturated carbocycles. The van der Waals surface area contributed by atoms with Crippen molar-refractivity contribution in [2.24, 2.45) is 0 Å². The molecule has 1 N–H and O–H groups in total. The summed E-state index contributed by atoms with van der Waals surface area (Å²) in [4.78, 5) is 11.5. The third kappa shape index (κ3) is 2.37. The average molecular weight is 388 g/mol. The molecule has 1 aliphatic heterocycles. The third-order valence-corrected chi connectivity index (χ3v) is 7.19. The van der Waals surface area contributed by atoms with E-state index in [0.29, 0.717) is 9.47 Å². The van der Waals surface area contributed by atoms with E-state index in [1.807, 2.05) is 0 Å². The van der Waals surface area contributed by atoms with E-state index in [1.165, 1.54) is 6.07 Å². The molecule has 2 heterocycles. The van der Waals surface area contributed by atoms with E-state index in [9.17, 15) is 18.3 Å². The van der Waals surface area contributed by atoms with Gasteiger partial charge in [0.2, 0.25) is 0 Å². The zero-order chi connectivity index (χ0) is 15.2. The van der Waals surface area contributed by atoms with Crippen molar-refractivity contribution in [1.82, 2.24) is 0 Å². The zero-order valence-corrected chi connectivity index (χ0v) is 13.8. The second-order valence-electron chi connectivity index (χ2n) is 4.55. The molecule has 1 atom stereocenters. The number of sulfonamides is 1. The fourth-order valence-electron chi connectivity index (χ4n) is 2.38. The molecule has 0 aliphatic carbocycles. The molecule has 1 aliphatic rings. The molecule has 1 unspecified atom stereocenters. The van der Waals surface area contributed by atoms with E-state index in [4.69, 9.17) is 0 Å². The molecule has 1 aromatic carbocycles. The van der Waals surface area contributed by atoms with Crippen LogP contribution in [-0.4, -0.2) is 25.5 Å². The minimum Gasteiger partial charge on any atom is -0.480 e. The predicted octanol–water partition coefficient (Wildman–Crippen LogP) is 2.72. The van der Waals surface area contributed by atoms with Gasteiger partial charge in [-0.15, -0.1) is 11.3 Å². The molecule has 0 spiro atoms. The standard InChI is InChI=1S/C13H10BrNO4S2/c14-11-5-6-12(20-11)21(18,19)15-9-4-2-1-3-8(9)7-10(15)13(16)17/h1-6,10H,7H2,(H,16,17). The first kappa shape index (κ1) is 14.6. The number of hydrogen-bond donors (Lipinski definition) is 1. The van der Waals surface area contributed by atoms with E-state index < -0.39 is 22.0 Å². The van der Waals surface area contributed by atoms with Gasteiger partial charge in [-0.2, -0.15) is 0 Å². The highest BCUT2D eigenvalue weighted by Crippen LogP contribution is 2.38. The normalized spacial score (nSPS) is 17.8. The number of hydrogen-bond acceptors (Lipinski definition) is 4. The van der Waals surface area contributed by atoms with Crippen LogP contribution in [0.5, 0.6) is 0 Å². The number of carboxylic acids is 1. The molecule has 0 radical (unpaired) electrons. The van der Waals surface area contributed by atoms with Crippen molar-refractivity contribution in [2.45, 2.75) is 16.7 Å². The van der Waals surface area contributed by atoms with E-state index in [0.717, 1.165) is 21.2 Å². The Labute approximate surface area is 134 Å². The van der Waals surface area contributed by atoms with E-state index in [-0.39, 0.29) is 10.6 Å². The van der Waals surface area contributed by atoms with Gasteiger partial charge in [-0.3, -0.25) is 4.31 Å². The number of anilines is 1. The van der Waals surface area contributed by atoms with Crippen LogP contribution in [0.2, 0.25) is 0 Å². The number of carboxylic acid groups (broad SMARTS) is 1. The van der Waals surface area contributed by atoms with Gasteiger partial charge < -0.3 is 5.11 Å². The van der Waals surface area contributed by atoms with Crippen LogP contribution in [0.4, 0.5) is 5.69 Å². The number of thiophene rings is 1. The Morgan fingerprint density at radius 3 is 2.62 bits per heavy atom. The average Bonchev–Trinajstić information content (AvgIpc) is 3.02. The molecule has 1 aromatic heterocycles. The van der Waals surface area contributed by atoms with Gasteiger partial charge >= 0.3 is 5.97 Å². The summed E-state index contributed by atoms with van der Waals surface area (Å²) in [6, 6.07) is 8.88. The number of nitrogens with zero attached hydrogens (tertiary/aromatic N) is 1. The molecule has 3 rings (SSSR count). The van der Waals surface area contributed by atoms with Gasteiger partial charge in [0.05, 0.1) is 9.47 Å². The summed E-state index contributed by atoms with van der Waals surface area (Å²) < 4.78 is 27.4. The predicted molar refractivity (Wildman–Crippen MR) is 83.3 cm³/mol. The first-order valence-electron chi connectivity index (χ1n) is 6.02. The van der Waals surface area contributed by atoms with Crippen LogP contribution >= 0.6 is 27.3 Å². The number of carbonyl (C=O) groups is 1. The van der Waals surface area contributed by atoms with Gasteiger partial charge in [0.1, 0.15) is 10.3 Å². The van der Waals surface area contributed by atoms with Gasteiger partial charge in [0.15, 0.2) is 0 Å². The molecule has 8 heteroatoms. The topological polar surface area (TPSA) is 74.7 Å². The highest BCUT2D eigenvalue weighted by Gasteiger charge is 2.42. The lowest BCUT2D eigenvalue weighted by molar-refractivity contribution is -0.138. The van der Waals surface area contributed by atoms with Gasteiger partial charge in [0.25, 0.3) is 10.0 Å². The Bertz CT molecular complexity index is 815. The van der Waals surface area contributed by atoms with Crippen molar-refractivity contribution in [3.8, 4) is 0 Å². The highest BCUT2D eigenvalue weighted by atomic mass is 79.9. The SMILES string of the molecule is O=C(O)C1Cc2ccccc2N1S(=O)(=O)c1ccc(Br)s1. The fraction of sp³-hybridized carbons (Fsp3) is 0.154. The Morgan fingerprint density at radius 2 is 2.00 bits per heavy atom. The van der Waals surface area contributed by atoms with Crippen LogP contribution in [0.3, 0.4) is 0 Å². The van der Waals surface area contributed by atoms with Crippen LogP contribution in [0, 0.1) is 0 Å². The summed E-state index contributed by atoms with van der Waals surface area (Å²) in [5.74, 6) is -1.15. The number of benzene rings is 1. The second kappa shape index (κ2) is 5.11. The molecule has 0 fully saturated rings. The van der Waals surface area contributed by atoms with Crippen molar-refractivity contribution in [3.63, 3.8) is 0 Å². The van der Waals surface area contributed by atoms with Crippen molar-refractivity contribution < 1.29 is 18.3 Å². The fourth-order valence-corrected chi connectivity index (χ4v) is 6.12. The monoisotopic (exact) mass is 387 g/mol. The van der Waals surface area contributed by atoms with Crippen LogP contribution in [0.15, 0.2) is 44.4 Å². The number of rotatable bonds is 3. The number of para-hydroxylation sites is 1. The Kier molecular flexibility index (Phi) is 3.54. The van der Waals surface area contributed by atoms with Gasteiger partial charge in [0, 0.05) is 6.42 Å². The summed E-state index contributed by atoms with van der Waals surface area (Å²) in [6.45, 7) is 0. The Hall–Kier alpha value is -1.38. The third-order valence-electron chi connectivity index (χ3n) is 3.27. The molecule has 21 heavy (non-hydrogen) atoms. The minimum absolute atomic E-state index is 0.123. The van der Waals surface area contributed by atoms with Crippen LogP contribution < -0.4 is 4.31 Å². The molecular formula is C13H10BrNO4S2. The van der Waals surface area contributed by atoms with Crippen LogP contribution in [-0.2, 0) is 21.2 Å².